The second-order valence-electron chi connectivity index (χ2n) is 7.83. The molecular weight excluding hydrogens is 354 g/mol. The summed E-state index contributed by atoms with van der Waals surface area (Å²) in [4.78, 5) is 12.9. The quantitative estimate of drug-likeness (QED) is 0.453. The highest BCUT2D eigenvalue weighted by Gasteiger charge is 2.46. The monoisotopic (exact) mass is 377 g/mol. The maximum Gasteiger partial charge on any atom is 0.167 e. The van der Waals surface area contributed by atoms with Gasteiger partial charge in [-0.1, -0.05) is 0 Å². The summed E-state index contributed by atoms with van der Waals surface area (Å²) in [5, 5.41) is 43.1. The summed E-state index contributed by atoms with van der Waals surface area (Å²) in [7, 11) is 0. The average molecular weight is 377 g/mol. The number of nitrogens with one attached hydrogen (secondary N) is 1. The van der Waals surface area contributed by atoms with Crippen molar-refractivity contribution in [1.82, 2.24) is 19.5 Å². The Kier molecular flexibility index (Phi) is 4.06. The number of ether oxygens (including phenoxy) is 1. The summed E-state index contributed by atoms with van der Waals surface area (Å²) in [6, 6.07) is 0.149. The molecule has 0 amide bonds. The lowest BCUT2D eigenvalue weighted by Gasteiger charge is -2.27. The van der Waals surface area contributed by atoms with E-state index in [0.717, 1.165) is 19.3 Å². The summed E-state index contributed by atoms with van der Waals surface area (Å²) in [6.45, 7) is -0.393. The Morgan fingerprint density at radius 1 is 1.11 bits per heavy atom. The van der Waals surface area contributed by atoms with Gasteiger partial charge in [0.05, 0.1) is 19.0 Å². The number of aromatic nitrogens is 4. The molecule has 5 rings (SSSR count). The lowest BCUT2D eigenvalue weighted by Crippen LogP contribution is -2.34. The van der Waals surface area contributed by atoms with Crippen LogP contribution in [0.2, 0.25) is 0 Å². The SMILES string of the molecule is OC[C@H]1OC(n2cnc3c(NC4CC5CC(O)C4C5)ncnc32)[C@H](O)[C@@H]1O. The number of aliphatic hydroxyl groups is 4. The van der Waals surface area contributed by atoms with E-state index in [1.165, 1.54) is 12.7 Å². The maximum atomic E-state index is 10.3. The van der Waals surface area contributed by atoms with E-state index in [0.29, 0.717) is 22.9 Å². The van der Waals surface area contributed by atoms with E-state index in [-0.39, 0.29) is 18.1 Å². The number of hydrogen-bond donors (Lipinski definition) is 5. The number of imidazole rings is 1. The van der Waals surface area contributed by atoms with E-state index in [9.17, 15) is 20.4 Å². The first-order valence-corrected chi connectivity index (χ1v) is 9.31. The van der Waals surface area contributed by atoms with Crippen LogP contribution in [0.1, 0.15) is 25.5 Å². The van der Waals surface area contributed by atoms with Crippen LogP contribution in [-0.2, 0) is 4.74 Å². The Morgan fingerprint density at radius 2 is 1.96 bits per heavy atom. The third kappa shape index (κ3) is 2.63. The predicted octanol–water partition coefficient (Wildman–Crippen LogP) is -0.991. The largest absolute Gasteiger partial charge is 0.394 e. The van der Waals surface area contributed by atoms with Crippen LogP contribution in [0.5, 0.6) is 0 Å². The van der Waals surface area contributed by atoms with Crippen molar-refractivity contribution in [3.8, 4) is 0 Å². The van der Waals surface area contributed by atoms with Gasteiger partial charge < -0.3 is 30.5 Å². The van der Waals surface area contributed by atoms with Gasteiger partial charge in [-0.2, -0.15) is 0 Å². The van der Waals surface area contributed by atoms with Crippen molar-refractivity contribution in [2.45, 2.75) is 55.9 Å². The smallest absolute Gasteiger partial charge is 0.167 e. The van der Waals surface area contributed by atoms with Crippen LogP contribution in [0.3, 0.4) is 0 Å². The van der Waals surface area contributed by atoms with E-state index in [1.54, 1.807) is 4.57 Å². The Morgan fingerprint density at radius 3 is 2.67 bits per heavy atom. The molecule has 3 aliphatic rings. The van der Waals surface area contributed by atoms with E-state index in [2.05, 4.69) is 20.3 Å². The minimum atomic E-state index is -1.20. The van der Waals surface area contributed by atoms with Crippen LogP contribution in [0.25, 0.3) is 11.2 Å². The lowest BCUT2D eigenvalue weighted by atomic mass is 9.93. The molecule has 5 unspecified atom stereocenters. The molecule has 1 aliphatic heterocycles. The first-order valence-electron chi connectivity index (χ1n) is 9.31. The zero-order valence-corrected chi connectivity index (χ0v) is 14.6. The molecule has 27 heavy (non-hydrogen) atoms. The molecule has 146 valence electrons. The van der Waals surface area contributed by atoms with Gasteiger partial charge in [0.15, 0.2) is 23.2 Å². The third-order valence-electron chi connectivity index (χ3n) is 6.25. The van der Waals surface area contributed by atoms with Crippen molar-refractivity contribution < 1.29 is 25.2 Å². The van der Waals surface area contributed by atoms with Gasteiger partial charge in [0.25, 0.3) is 0 Å². The molecule has 0 aromatic carbocycles. The fourth-order valence-corrected chi connectivity index (χ4v) is 4.91. The standard InChI is InChI=1S/C17H23N5O5/c23-4-11-13(25)14(26)17(27-11)22-6-20-12-15(18-5-19-16(12)22)21-9-2-7-1-8(9)10(24)3-7/h5-11,13-14,17,23-26H,1-4H2,(H,18,19,21)/t7?,8?,9?,10?,11-,13-,14-,17?/m1/s1. The minimum Gasteiger partial charge on any atom is -0.394 e. The van der Waals surface area contributed by atoms with Crippen LogP contribution in [0.4, 0.5) is 5.82 Å². The van der Waals surface area contributed by atoms with Crippen LogP contribution in [-0.4, -0.2) is 77.0 Å². The highest BCUT2D eigenvalue weighted by molar-refractivity contribution is 5.82. The number of rotatable bonds is 4. The normalized spacial score (nSPS) is 40.9. The van der Waals surface area contributed by atoms with E-state index in [1.807, 2.05) is 0 Å². The summed E-state index contributed by atoms with van der Waals surface area (Å²) < 4.78 is 7.12. The van der Waals surface area contributed by atoms with Crippen LogP contribution in [0, 0.1) is 11.8 Å². The average Bonchev–Trinajstić information content (AvgIpc) is 3.40. The molecule has 3 heterocycles. The van der Waals surface area contributed by atoms with Crippen molar-refractivity contribution in [2.75, 3.05) is 11.9 Å². The number of anilines is 1. The van der Waals surface area contributed by atoms with Crippen LogP contribution < -0.4 is 5.32 Å². The van der Waals surface area contributed by atoms with Crippen molar-refractivity contribution in [3.63, 3.8) is 0 Å². The summed E-state index contributed by atoms with van der Waals surface area (Å²) in [5.74, 6) is 1.36. The highest BCUT2D eigenvalue weighted by Crippen LogP contribution is 2.46. The van der Waals surface area contributed by atoms with Gasteiger partial charge in [-0.15, -0.1) is 0 Å². The van der Waals surface area contributed by atoms with E-state index < -0.39 is 31.1 Å². The van der Waals surface area contributed by atoms with Crippen LogP contribution in [0.15, 0.2) is 12.7 Å². The van der Waals surface area contributed by atoms with Crippen molar-refractivity contribution in [1.29, 1.82) is 0 Å². The zero-order chi connectivity index (χ0) is 18.7. The molecule has 10 nitrogen and oxygen atoms in total. The molecule has 0 radical (unpaired) electrons. The Labute approximate surface area is 154 Å². The number of hydrogen-bond acceptors (Lipinski definition) is 9. The van der Waals surface area contributed by atoms with Crippen molar-refractivity contribution in [3.05, 3.63) is 12.7 Å². The number of aliphatic hydroxyl groups excluding tert-OH is 4. The molecule has 2 aliphatic carbocycles. The zero-order valence-electron chi connectivity index (χ0n) is 14.6. The first-order chi connectivity index (χ1) is 13.1. The Hall–Kier alpha value is -1.85. The molecule has 2 bridgehead atoms. The second kappa shape index (κ2) is 6.35. The van der Waals surface area contributed by atoms with E-state index >= 15 is 0 Å². The van der Waals surface area contributed by atoms with Crippen LogP contribution >= 0.6 is 0 Å². The lowest BCUT2D eigenvalue weighted by molar-refractivity contribution is -0.0511. The first kappa shape index (κ1) is 17.3. The Bertz CT molecular complexity index is 846. The topological polar surface area (TPSA) is 146 Å². The van der Waals surface area contributed by atoms with Gasteiger partial charge in [-0.05, 0) is 25.2 Å². The molecule has 3 fully saturated rings. The molecule has 0 spiro atoms. The van der Waals surface area contributed by atoms with Crippen molar-refractivity contribution in [2.24, 2.45) is 11.8 Å². The van der Waals surface area contributed by atoms with E-state index in [4.69, 9.17) is 4.74 Å². The van der Waals surface area contributed by atoms with Gasteiger partial charge in [0.2, 0.25) is 0 Å². The van der Waals surface area contributed by atoms with Gasteiger partial charge in [0, 0.05) is 12.0 Å². The Balaban J connectivity index is 1.44. The predicted molar refractivity (Wildman–Crippen MR) is 92.6 cm³/mol. The molecule has 5 N–H and O–H groups in total. The van der Waals surface area contributed by atoms with Gasteiger partial charge in [-0.25, -0.2) is 15.0 Å². The molecule has 2 aromatic heterocycles. The van der Waals surface area contributed by atoms with Gasteiger partial charge in [-0.3, -0.25) is 4.57 Å². The van der Waals surface area contributed by atoms with Crippen molar-refractivity contribution >= 4 is 17.0 Å². The molecule has 1 saturated heterocycles. The molecule has 8 atom stereocenters. The summed E-state index contributed by atoms with van der Waals surface area (Å²) >= 11 is 0. The number of fused-ring (bicyclic) bond motifs is 3. The van der Waals surface area contributed by atoms with Gasteiger partial charge in [0.1, 0.15) is 24.6 Å². The highest BCUT2D eigenvalue weighted by atomic mass is 16.6. The summed E-state index contributed by atoms with van der Waals surface area (Å²) in [5.41, 5.74) is 0.999. The fourth-order valence-electron chi connectivity index (χ4n) is 4.91. The summed E-state index contributed by atoms with van der Waals surface area (Å²) in [6.07, 6.45) is 1.39. The molecule has 2 saturated carbocycles. The molecule has 10 heteroatoms. The second-order valence-corrected chi connectivity index (χ2v) is 7.83. The minimum absolute atomic E-state index is 0.149. The molecule has 2 aromatic rings. The van der Waals surface area contributed by atoms with Gasteiger partial charge >= 0.3 is 0 Å². The fraction of sp³-hybridized carbons (Fsp3) is 0.706. The third-order valence-corrected chi connectivity index (χ3v) is 6.25. The molecular formula is C17H23N5O5. The number of nitrogens with zero attached hydrogens (tertiary/aromatic N) is 4. The maximum absolute atomic E-state index is 10.3.